The number of furan rings is 1. The second-order valence-corrected chi connectivity index (χ2v) is 5.66. The number of hydrogen-bond acceptors (Lipinski definition) is 4. The molecular weight excluding hydrogens is 376 g/mol. The molecule has 0 fully saturated rings. The van der Waals surface area contributed by atoms with Gasteiger partial charge in [-0.05, 0) is 58.2 Å². The first-order valence-electron chi connectivity index (χ1n) is 5.68. The number of nitrogens with two attached hydrogens (primary N) is 1. The molecule has 0 aliphatic rings. The Hall–Kier alpha value is -0.820. The molecule has 1 atom stereocenters. The fraction of sp³-hybridized carbons (Fsp3) is 0.231. The summed E-state index contributed by atoms with van der Waals surface area (Å²) in [5.74, 6) is 7.21. The molecule has 0 saturated heterocycles. The van der Waals surface area contributed by atoms with Crippen LogP contribution in [0.15, 0.2) is 43.9 Å². The number of nitrogens with one attached hydrogen (secondary N) is 1. The molecule has 19 heavy (non-hydrogen) atoms. The van der Waals surface area contributed by atoms with Gasteiger partial charge < -0.3 is 9.15 Å². The Kier molecular flexibility index (Phi) is 5.04. The number of rotatable bonds is 5. The Bertz CT molecular complexity index is 557. The first-order valence-corrected chi connectivity index (χ1v) is 7.26. The molecule has 0 saturated carbocycles. The van der Waals surface area contributed by atoms with Gasteiger partial charge in [-0.25, -0.2) is 5.43 Å². The van der Waals surface area contributed by atoms with Crippen LogP contribution in [0.5, 0.6) is 5.75 Å². The standard InChI is InChI=1S/C13H14Br2N2O2/c1-18-9-2-3-10(14)8(6-9)7-11(17-16)12-4-5-13(15)19-12/h2-6,11,17H,7,16H2,1H3. The molecule has 102 valence electrons. The van der Waals surface area contributed by atoms with Crippen LogP contribution in [0.1, 0.15) is 17.4 Å². The predicted octanol–water partition coefficient (Wildman–Crippen LogP) is 3.56. The zero-order valence-corrected chi connectivity index (χ0v) is 13.5. The smallest absolute Gasteiger partial charge is 0.169 e. The average molecular weight is 390 g/mol. The van der Waals surface area contributed by atoms with Crippen molar-refractivity contribution in [3.63, 3.8) is 0 Å². The molecule has 1 aromatic heterocycles. The van der Waals surface area contributed by atoms with Gasteiger partial charge in [0.15, 0.2) is 4.67 Å². The lowest BCUT2D eigenvalue weighted by atomic mass is 10.0. The molecule has 0 aliphatic carbocycles. The van der Waals surface area contributed by atoms with Gasteiger partial charge in [-0.1, -0.05) is 15.9 Å². The van der Waals surface area contributed by atoms with Gasteiger partial charge in [0.2, 0.25) is 0 Å². The summed E-state index contributed by atoms with van der Waals surface area (Å²) >= 11 is 6.82. The summed E-state index contributed by atoms with van der Waals surface area (Å²) in [6.07, 6.45) is 0.689. The minimum absolute atomic E-state index is 0.102. The highest BCUT2D eigenvalue weighted by molar-refractivity contribution is 9.10. The maximum atomic E-state index is 5.61. The Morgan fingerprint density at radius 2 is 2.11 bits per heavy atom. The Labute approximate surface area is 128 Å². The second kappa shape index (κ2) is 6.56. The van der Waals surface area contributed by atoms with Crippen LogP contribution >= 0.6 is 31.9 Å². The van der Waals surface area contributed by atoms with E-state index in [9.17, 15) is 0 Å². The van der Waals surface area contributed by atoms with E-state index < -0.39 is 0 Å². The van der Waals surface area contributed by atoms with E-state index in [-0.39, 0.29) is 6.04 Å². The predicted molar refractivity (Wildman–Crippen MR) is 80.9 cm³/mol. The van der Waals surface area contributed by atoms with Crippen LogP contribution in [-0.4, -0.2) is 7.11 Å². The number of hydrogen-bond donors (Lipinski definition) is 2. The van der Waals surface area contributed by atoms with Gasteiger partial charge in [-0.3, -0.25) is 5.84 Å². The summed E-state index contributed by atoms with van der Waals surface area (Å²) < 4.78 is 12.5. The molecule has 0 aliphatic heterocycles. The summed E-state index contributed by atoms with van der Waals surface area (Å²) in [6, 6.07) is 9.48. The molecular formula is C13H14Br2N2O2. The Balaban J connectivity index is 2.23. The van der Waals surface area contributed by atoms with E-state index in [1.165, 1.54) is 0 Å². The summed E-state index contributed by atoms with van der Waals surface area (Å²) in [5, 5.41) is 0. The van der Waals surface area contributed by atoms with Crippen molar-refractivity contribution in [3.8, 4) is 5.75 Å². The van der Waals surface area contributed by atoms with Crippen LogP contribution in [0.2, 0.25) is 0 Å². The maximum Gasteiger partial charge on any atom is 0.169 e. The molecule has 2 rings (SSSR count). The summed E-state index contributed by atoms with van der Waals surface area (Å²) in [6.45, 7) is 0. The lowest BCUT2D eigenvalue weighted by Gasteiger charge is -2.15. The minimum atomic E-state index is -0.102. The van der Waals surface area contributed by atoms with Crippen LogP contribution in [0.25, 0.3) is 0 Å². The highest BCUT2D eigenvalue weighted by Crippen LogP contribution is 2.28. The van der Waals surface area contributed by atoms with E-state index in [4.69, 9.17) is 15.0 Å². The van der Waals surface area contributed by atoms with E-state index in [2.05, 4.69) is 37.3 Å². The number of benzene rings is 1. The first-order chi connectivity index (χ1) is 9.13. The van der Waals surface area contributed by atoms with Gasteiger partial charge >= 0.3 is 0 Å². The molecule has 1 unspecified atom stereocenters. The summed E-state index contributed by atoms with van der Waals surface area (Å²) in [5.41, 5.74) is 3.86. The van der Waals surface area contributed by atoms with E-state index in [1.807, 2.05) is 30.3 Å². The summed E-state index contributed by atoms with van der Waals surface area (Å²) in [4.78, 5) is 0. The van der Waals surface area contributed by atoms with Crippen molar-refractivity contribution in [3.05, 3.63) is 50.8 Å². The van der Waals surface area contributed by atoms with Crippen molar-refractivity contribution in [2.24, 2.45) is 5.84 Å². The van der Waals surface area contributed by atoms with Crippen molar-refractivity contribution in [1.29, 1.82) is 0 Å². The molecule has 3 N–H and O–H groups in total. The zero-order chi connectivity index (χ0) is 13.8. The lowest BCUT2D eigenvalue weighted by Crippen LogP contribution is -2.29. The van der Waals surface area contributed by atoms with Crippen LogP contribution in [0.4, 0.5) is 0 Å². The van der Waals surface area contributed by atoms with Crippen molar-refractivity contribution in [2.45, 2.75) is 12.5 Å². The molecule has 1 heterocycles. The third-order valence-corrected chi connectivity index (χ3v) is 4.02. The highest BCUT2D eigenvalue weighted by atomic mass is 79.9. The maximum absolute atomic E-state index is 5.61. The van der Waals surface area contributed by atoms with Crippen molar-refractivity contribution < 1.29 is 9.15 Å². The number of methoxy groups -OCH3 is 1. The monoisotopic (exact) mass is 388 g/mol. The van der Waals surface area contributed by atoms with Gasteiger partial charge in [0.25, 0.3) is 0 Å². The van der Waals surface area contributed by atoms with Crippen LogP contribution < -0.4 is 16.0 Å². The van der Waals surface area contributed by atoms with Gasteiger partial charge in [0.1, 0.15) is 11.5 Å². The highest BCUT2D eigenvalue weighted by Gasteiger charge is 2.16. The van der Waals surface area contributed by atoms with Crippen molar-refractivity contribution >= 4 is 31.9 Å². The van der Waals surface area contributed by atoms with Gasteiger partial charge in [0, 0.05) is 4.47 Å². The first kappa shape index (κ1) is 14.6. The van der Waals surface area contributed by atoms with Crippen LogP contribution in [-0.2, 0) is 6.42 Å². The zero-order valence-electron chi connectivity index (χ0n) is 10.3. The number of halogens is 2. The molecule has 4 nitrogen and oxygen atoms in total. The molecule has 0 bridgehead atoms. The third kappa shape index (κ3) is 3.60. The largest absolute Gasteiger partial charge is 0.497 e. The summed E-state index contributed by atoms with van der Waals surface area (Å²) in [7, 11) is 1.65. The Morgan fingerprint density at radius 1 is 1.32 bits per heavy atom. The van der Waals surface area contributed by atoms with Crippen LogP contribution in [0.3, 0.4) is 0 Å². The van der Waals surface area contributed by atoms with E-state index in [0.29, 0.717) is 11.1 Å². The van der Waals surface area contributed by atoms with Crippen molar-refractivity contribution in [1.82, 2.24) is 5.43 Å². The van der Waals surface area contributed by atoms with Gasteiger partial charge in [-0.15, -0.1) is 0 Å². The number of ether oxygens (including phenoxy) is 1. The lowest BCUT2D eigenvalue weighted by molar-refractivity contribution is 0.401. The fourth-order valence-electron chi connectivity index (χ4n) is 1.81. The Morgan fingerprint density at radius 3 is 2.68 bits per heavy atom. The van der Waals surface area contributed by atoms with E-state index in [1.54, 1.807) is 7.11 Å². The van der Waals surface area contributed by atoms with Gasteiger partial charge in [-0.2, -0.15) is 0 Å². The average Bonchev–Trinajstić information content (AvgIpc) is 2.84. The number of hydrazine groups is 1. The normalized spacial score (nSPS) is 12.4. The molecule has 6 heteroatoms. The molecule has 0 amide bonds. The van der Waals surface area contributed by atoms with Crippen molar-refractivity contribution in [2.75, 3.05) is 7.11 Å². The molecule has 1 aromatic carbocycles. The fourth-order valence-corrected chi connectivity index (χ4v) is 2.54. The molecule has 0 radical (unpaired) electrons. The second-order valence-electron chi connectivity index (χ2n) is 4.02. The van der Waals surface area contributed by atoms with E-state index in [0.717, 1.165) is 21.5 Å². The third-order valence-electron chi connectivity index (χ3n) is 2.82. The van der Waals surface area contributed by atoms with E-state index >= 15 is 0 Å². The topological polar surface area (TPSA) is 60.4 Å². The van der Waals surface area contributed by atoms with Crippen LogP contribution in [0, 0.1) is 0 Å². The minimum Gasteiger partial charge on any atom is -0.497 e. The SMILES string of the molecule is COc1ccc(Br)c(CC(NN)c2ccc(Br)o2)c1. The molecule has 2 aromatic rings. The quantitative estimate of drug-likeness (QED) is 0.606. The molecule has 0 spiro atoms. The van der Waals surface area contributed by atoms with Gasteiger partial charge in [0.05, 0.1) is 13.2 Å².